The van der Waals surface area contributed by atoms with E-state index in [-0.39, 0.29) is 18.4 Å². The second-order valence-electron chi connectivity index (χ2n) is 5.22. The Morgan fingerprint density at radius 1 is 1.21 bits per heavy atom. The largest absolute Gasteiger partial charge is 0.497 e. The van der Waals surface area contributed by atoms with E-state index in [4.69, 9.17) is 4.74 Å². The summed E-state index contributed by atoms with van der Waals surface area (Å²) in [6.45, 7) is -0.0936. The molecule has 0 aliphatic heterocycles. The Labute approximate surface area is 143 Å². The summed E-state index contributed by atoms with van der Waals surface area (Å²) >= 11 is 1.58. The highest BCUT2D eigenvalue weighted by Gasteiger charge is 2.14. The monoisotopic (exact) mass is 343 g/mol. The number of rotatable bonds is 5. The number of thiophene rings is 1. The van der Waals surface area contributed by atoms with Crippen molar-refractivity contribution in [2.45, 2.75) is 0 Å². The Bertz CT molecular complexity index is 880. The molecule has 0 radical (unpaired) electrons. The molecule has 2 amide bonds. The Morgan fingerprint density at radius 3 is 2.62 bits per heavy atom. The van der Waals surface area contributed by atoms with Crippen LogP contribution in [0.15, 0.2) is 41.8 Å². The lowest BCUT2D eigenvalue weighted by Crippen LogP contribution is -2.33. The van der Waals surface area contributed by atoms with E-state index in [1.54, 1.807) is 42.7 Å². The number of nitrogens with zero attached hydrogens (tertiary/aromatic N) is 1. The second-order valence-corrected chi connectivity index (χ2v) is 6.17. The van der Waals surface area contributed by atoms with E-state index in [1.165, 1.54) is 0 Å². The molecule has 0 saturated carbocycles. The number of hydrogen-bond donors (Lipinski definition) is 2. The number of hydrogen-bond acceptors (Lipinski definition) is 4. The molecular weight excluding hydrogens is 326 g/mol. The molecule has 0 unspecified atom stereocenters. The van der Waals surface area contributed by atoms with Gasteiger partial charge in [-0.2, -0.15) is 0 Å². The van der Waals surface area contributed by atoms with Crippen molar-refractivity contribution in [3.63, 3.8) is 0 Å². The molecule has 1 aromatic carbocycles. The van der Waals surface area contributed by atoms with Gasteiger partial charge in [-0.3, -0.25) is 9.59 Å². The predicted octanol–water partition coefficient (Wildman–Crippen LogP) is 2.62. The van der Waals surface area contributed by atoms with E-state index in [0.29, 0.717) is 17.1 Å². The first-order chi connectivity index (χ1) is 11.6. The molecule has 7 heteroatoms. The summed E-state index contributed by atoms with van der Waals surface area (Å²) in [5.74, 6) is 0.153. The maximum Gasteiger partial charge on any atom is 0.268 e. The van der Waals surface area contributed by atoms with E-state index >= 15 is 0 Å². The molecule has 0 fully saturated rings. The van der Waals surface area contributed by atoms with Crippen molar-refractivity contribution in [3.8, 4) is 5.75 Å². The first-order valence-corrected chi connectivity index (χ1v) is 8.21. The quantitative estimate of drug-likeness (QED) is 0.748. The van der Waals surface area contributed by atoms with Gasteiger partial charge in [-0.15, -0.1) is 11.3 Å². The number of benzene rings is 1. The molecule has 0 aliphatic rings. The summed E-state index contributed by atoms with van der Waals surface area (Å²) < 4.78 is 7.93. The molecule has 6 nitrogen and oxygen atoms in total. The van der Waals surface area contributed by atoms with Crippen LogP contribution in [-0.4, -0.2) is 30.0 Å². The van der Waals surface area contributed by atoms with Crippen molar-refractivity contribution < 1.29 is 14.3 Å². The summed E-state index contributed by atoms with van der Waals surface area (Å²) in [7, 11) is 3.41. The minimum Gasteiger partial charge on any atom is -0.497 e. The number of carbonyl (C=O) groups is 2. The number of aryl methyl sites for hydroxylation is 1. The van der Waals surface area contributed by atoms with Crippen LogP contribution in [0.25, 0.3) is 10.2 Å². The molecule has 0 atom stereocenters. The van der Waals surface area contributed by atoms with Crippen molar-refractivity contribution in [1.29, 1.82) is 0 Å². The highest BCUT2D eigenvalue weighted by atomic mass is 32.1. The molecule has 3 rings (SSSR count). The number of anilines is 1. The molecule has 0 bridgehead atoms. The topological polar surface area (TPSA) is 72.4 Å². The van der Waals surface area contributed by atoms with Gasteiger partial charge in [-0.05, 0) is 41.8 Å². The summed E-state index contributed by atoms with van der Waals surface area (Å²) in [6.07, 6.45) is 0. The second kappa shape index (κ2) is 6.76. The van der Waals surface area contributed by atoms with Crippen molar-refractivity contribution in [2.24, 2.45) is 7.05 Å². The molecule has 0 saturated heterocycles. The molecule has 3 aromatic rings. The van der Waals surface area contributed by atoms with Gasteiger partial charge in [-0.25, -0.2) is 0 Å². The lowest BCUT2D eigenvalue weighted by molar-refractivity contribution is -0.115. The predicted molar refractivity (Wildman–Crippen MR) is 94.8 cm³/mol. The number of ether oxygens (including phenoxy) is 1. The van der Waals surface area contributed by atoms with Crippen molar-refractivity contribution in [1.82, 2.24) is 9.88 Å². The maximum absolute atomic E-state index is 12.2. The minimum atomic E-state index is -0.287. The summed E-state index contributed by atoms with van der Waals surface area (Å²) in [4.78, 5) is 24.2. The van der Waals surface area contributed by atoms with Crippen molar-refractivity contribution in [2.75, 3.05) is 19.0 Å². The smallest absolute Gasteiger partial charge is 0.268 e. The fraction of sp³-hybridized carbons (Fsp3) is 0.176. The van der Waals surface area contributed by atoms with Crippen molar-refractivity contribution >= 4 is 39.1 Å². The van der Waals surface area contributed by atoms with Gasteiger partial charge in [-0.1, -0.05) is 0 Å². The molecule has 2 aromatic heterocycles. The van der Waals surface area contributed by atoms with Gasteiger partial charge in [0.25, 0.3) is 5.91 Å². The number of amides is 2. The Kier molecular flexibility index (Phi) is 4.52. The van der Waals surface area contributed by atoms with Gasteiger partial charge in [0.05, 0.1) is 23.9 Å². The average Bonchev–Trinajstić information content (AvgIpc) is 3.17. The van der Waals surface area contributed by atoms with Crippen LogP contribution in [0, 0.1) is 0 Å². The molecule has 124 valence electrons. The van der Waals surface area contributed by atoms with Crippen LogP contribution in [0.1, 0.15) is 10.5 Å². The molecule has 24 heavy (non-hydrogen) atoms. The highest BCUT2D eigenvalue weighted by Crippen LogP contribution is 2.24. The molecule has 0 aliphatic carbocycles. The number of nitrogens with one attached hydrogen (secondary N) is 2. The van der Waals surface area contributed by atoms with Gasteiger partial charge >= 0.3 is 0 Å². The Hall–Kier alpha value is -2.80. The lowest BCUT2D eigenvalue weighted by Gasteiger charge is -2.08. The van der Waals surface area contributed by atoms with Gasteiger partial charge in [0.2, 0.25) is 5.91 Å². The summed E-state index contributed by atoms with van der Waals surface area (Å²) in [5, 5.41) is 7.34. The standard InChI is InChI=1S/C17H17N3O3S/c1-20-13-7-8-24-15(13)9-14(20)17(22)18-10-16(21)19-11-3-5-12(23-2)6-4-11/h3-9H,10H2,1-2H3,(H,18,22)(H,19,21). The Morgan fingerprint density at radius 2 is 1.96 bits per heavy atom. The van der Waals surface area contributed by atoms with Crippen LogP contribution in [0.5, 0.6) is 5.75 Å². The van der Waals surface area contributed by atoms with Crippen LogP contribution in [0.3, 0.4) is 0 Å². The van der Waals surface area contributed by atoms with Crippen molar-refractivity contribution in [3.05, 3.63) is 47.5 Å². The lowest BCUT2D eigenvalue weighted by atomic mass is 10.3. The molecule has 2 heterocycles. The van der Waals surface area contributed by atoms with Gasteiger partial charge in [0.15, 0.2) is 0 Å². The summed E-state index contributed by atoms with van der Waals surface area (Å²) in [5.41, 5.74) is 2.19. The first-order valence-electron chi connectivity index (χ1n) is 7.33. The average molecular weight is 343 g/mol. The van der Waals surface area contributed by atoms with Crippen LogP contribution >= 0.6 is 11.3 Å². The Balaban J connectivity index is 1.58. The van der Waals surface area contributed by atoms with E-state index in [1.807, 2.05) is 29.1 Å². The van der Waals surface area contributed by atoms with Crippen LogP contribution in [-0.2, 0) is 11.8 Å². The third kappa shape index (κ3) is 3.26. The normalized spacial score (nSPS) is 10.6. The fourth-order valence-corrected chi connectivity index (χ4v) is 3.25. The number of carbonyl (C=O) groups excluding carboxylic acids is 2. The first kappa shape index (κ1) is 16.1. The fourth-order valence-electron chi connectivity index (χ4n) is 2.40. The summed E-state index contributed by atoms with van der Waals surface area (Å²) in [6, 6.07) is 10.8. The zero-order valence-corrected chi connectivity index (χ0v) is 14.1. The van der Waals surface area contributed by atoms with Crippen LogP contribution < -0.4 is 15.4 Å². The van der Waals surface area contributed by atoms with Gasteiger partial charge < -0.3 is 19.9 Å². The van der Waals surface area contributed by atoms with Gasteiger partial charge in [0.1, 0.15) is 11.4 Å². The zero-order chi connectivity index (χ0) is 17.1. The third-order valence-electron chi connectivity index (χ3n) is 3.68. The number of aromatic nitrogens is 1. The SMILES string of the molecule is COc1ccc(NC(=O)CNC(=O)c2cc3sccc3n2C)cc1. The minimum absolute atomic E-state index is 0.0936. The van der Waals surface area contributed by atoms with E-state index < -0.39 is 0 Å². The molecular formula is C17H17N3O3S. The van der Waals surface area contributed by atoms with E-state index in [2.05, 4.69) is 10.6 Å². The van der Waals surface area contributed by atoms with Gasteiger partial charge in [0, 0.05) is 12.7 Å². The highest BCUT2D eigenvalue weighted by molar-refractivity contribution is 7.17. The number of fused-ring (bicyclic) bond motifs is 1. The van der Waals surface area contributed by atoms with Crippen LogP contribution in [0.2, 0.25) is 0 Å². The molecule has 0 spiro atoms. The zero-order valence-electron chi connectivity index (χ0n) is 13.3. The number of methoxy groups -OCH3 is 1. The van der Waals surface area contributed by atoms with E-state index in [9.17, 15) is 9.59 Å². The molecule has 2 N–H and O–H groups in total. The van der Waals surface area contributed by atoms with E-state index in [0.717, 1.165) is 10.2 Å². The van der Waals surface area contributed by atoms with Crippen LogP contribution in [0.4, 0.5) is 5.69 Å². The maximum atomic E-state index is 12.2. The third-order valence-corrected chi connectivity index (χ3v) is 4.53.